The third kappa shape index (κ3) is 4.16. The smallest absolute Gasteiger partial charge is 0.264 e. The fourth-order valence-corrected chi connectivity index (χ4v) is 4.62. The fraction of sp³-hybridized carbons (Fsp3) is 0.158. The second-order valence-electron chi connectivity index (χ2n) is 6.78. The Kier molecular flexibility index (Phi) is 5.22. The van der Waals surface area contributed by atoms with Gasteiger partial charge < -0.3 is 10.2 Å². The average Bonchev–Trinajstić information content (AvgIpc) is 3.17. The highest BCUT2D eigenvalue weighted by Gasteiger charge is 2.19. The lowest BCUT2D eigenvalue weighted by Crippen LogP contribution is -2.13. The molecule has 2 aromatic carbocycles. The van der Waals surface area contributed by atoms with Crippen LogP contribution in [0.3, 0.4) is 0 Å². The molecule has 0 amide bonds. The average molecular weight is 442 g/mol. The van der Waals surface area contributed by atoms with Crippen molar-refractivity contribution < 1.29 is 8.42 Å². The van der Waals surface area contributed by atoms with E-state index in [0.717, 1.165) is 28.9 Å². The molecule has 4 rings (SSSR count). The molecule has 2 N–H and O–H groups in total. The number of fused-ring (bicyclic) bond motifs is 1. The predicted octanol–water partition coefficient (Wildman–Crippen LogP) is 3.40. The van der Waals surface area contributed by atoms with E-state index in [1.807, 2.05) is 32.0 Å². The Morgan fingerprint density at radius 2 is 1.70 bits per heavy atom. The van der Waals surface area contributed by atoms with E-state index in [4.69, 9.17) is 0 Å². The molecule has 0 bridgehead atoms. The number of aryl methyl sites for hydroxylation is 1. The molecule has 2 aromatic heterocycles. The minimum absolute atomic E-state index is 0.0975. The van der Waals surface area contributed by atoms with E-state index >= 15 is 0 Å². The topological polar surface area (TPSA) is 113 Å². The second-order valence-corrected chi connectivity index (χ2v) is 8.96. The number of hydrogen-bond acceptors (Lipinski definition) is 9. The number of nitrogens with zero attached hydrogens (tertiary/aromatic N) is 5. The van der Waals surface area contributed by atoms with E-state index in [1.165, 1.54) is 6.07 Å². The van der Waals surface area contributed by atoms with Crippen molar-refractivity contribution in [3.63, 3.8) is 0 Å². The minimum Gasteiger partial charge on any atom is -0.363 e. The van der Waals surface area contributed by atoms with Crippen molar-refractivity contribution in [1.29, 1.82) is 0 Å². The van der Waals surface area contributed by atoms with Gasteiger partial charge in [0.2, 0.25) is 5.95 Å². The number of nitrogens with one attached hydrogen (secondary N) is 2. The van der Waals surface area contributed by atoms with Crippen LogP contribution in [0.25, 0.3) is 11.0 Å². The molecule has 0 unspecified atom stereocenters. The Hall–Kier alpha value is -3.31. The molecule has 0 spiro atoms. The third-order valence-corrected chi connectivity index (χ3v) is 6.19. The van der Waals surface area contributed by atoms with E-state index in [2.05, 4.69) is 28.8 Å². The molecule has 9 nitrogen and oxygen atoms in total. The summed E-state index contributed by atoms with van der Waals surface area (Å²) < 4.78 is 36.4. The van der Waals surface area contributed by atoms with Crippen LogP contribution in [0.2, 0.25) is 0 Å². The maximum absolute atomic E-state index is 12.8. The summed E-state index contributed by atoms with van der Waals surface area (Å²) in [6.07, 6.45) is 0. The largest absolute Gasteiger partial charge is 0.363 e. The van der Waals surface area contributed by atoms with Crippen LogP contribution in [0.4, 0.5) is 23.1 Å². The first kappa shape index (κ1) is 20.0. The highest BCUT2D eigenvalue weighted by atomic mass is 32.2. The van der Waals surface area contributed by atoms with Gasteiger partial charge in [0.05, 0.1) is 11.7 Å². The van der Waals surface area contributed by atoms with Gasteiger partial charge >= 0.3 is 0 Å². The Balaban J connectivity index is 1.54. The van der Waals surface area contributed by atoms with Gasteiger partial charge in [-0.3, -0.25) is 4.72 Å². The van der Waals surface area contributed by atoms with Gasteiger partial charge in [0, 0.05) is 37.2 Å². The van der Waals surface area contributed by atoms with Crippen molar-refractivity contribution in [2.75, 3.05) is 29.0 Å². The zero-order valence-corrected chi connectivity index (χ0v) is 18.1. The molecule has 4 aromatic rings. The number of rotatable bonds is 6. The molecule has 0 atom stereocenters. The lowest BCUT2D eigenvalue weighted by molar-refractivity contribution is 0.602. The lowest BCUT2D eigenvalue weighted by atomic mass is 10.3. The summed E-state index contributed by atoms with van der Waals surface area (Å²) in [5.41, 5.74) is 2.92. The van der Waals surface area contributed by atoms with Gasteiger partial charge in [-0.05, 0) is 43.3 Å². The minimum atomic E-state index is -3.80. The van der Waals surface area contributed by atoms with Crippen molar-refractivity contribution >= 4 is 55.9 Å². The Morgan fingerprint density at radius 1 is 0.967 bits per heavy atom. The number of sulfonamides is 1. The molecule has 30 heavy (non-hydrogen) atoms. The first-order chi connectivity index (χ1) is 14.3. The molecule has 0 aliphatic heterocycles. The van der Waals surface area contributed by atoms with Crippen LogP contribution in [-0.4, -0.2) is 41.2 Å². The predicted molar refractivity (Wildman–Crippen MR) is 119 cm³/mol. The molecule has 0 aliphatic carbocycles. The quantitative estimate of drug-likeness (QED) is 0.468. The van der Waals surface area contributed by atoms with E-state index in [1.54, 1.807) is 36.4 Å². The zero-order chi connectivity index (χ0) is 21.3. The van der Waals surface area contributed by atoms with Gasteiger partial charge in [0.1, 0.15) is 21.7 Å². The van der Waals surface area contributed by atoms with Crippen LogP contribution in [0, 0.1) is 6.92 Å². The first-order valence-corrected chi connectivity index (χ1v) is 11.2. The summed E-state index contributed by atoms with van der Waals surface area (Å²) in [6.45, 7) is 1.90. The number of hydrogen-bond donors (Lipinski definition) is 2. The first-order valence-electron chi connectivity index (χ1n) is 8.96. The lowest BCUT2D eigenvalue weighted by Gasteiger charge is -2.14. The fourth-order valence-electron chi connectivity index (χ4n) is 2.80. The normalized spacial score (nSPS) is 11.4. The van der Waals surface area contributed by atoms with Crippen LogP contribution in [0.15, 0.2) is 53.4 Å². The molecule has 0 fully saturated rings. The van der Waals surface area contributed by atoms with E-state index in [-0.39, 0.29) is 4.90 Å². The summed E-state index contributed by atoms with van der Waals surface area (Å²) in [5, 5.41) is 3.14. The van der Waals surface area contributed by atoms with Crippen molar-refractivity contribution in [2.24, 2.45) is 0 Å². The second kappa shape index (κ2) is 7.84. The SMILES string of the molecule is Cc1cc(N(C)C)nc(Nc2ccc(NS(=O)(=O)c3cccc4nsnc34)cc2)n1. The molecule has 2 heterocycles. The van der Waals surface area contributed by atoms with Gasteiger partial charge in [-0.2, -0.15) is 13.7 Å². The monoisotopic (exact) mass is 441 g/mol. The molecular formula is C19H19N7O2S2. The number of anilines is 4. The molecule has 11 heteroatoms. The van der Waals surface area contributed by atoms with Crippen molar-refractivity contribution in [1.82, 2.24) is 18.7 Å². The van der Waals surface area contributed by atoms with Crippen LogP contribution < -0.4 is 14.9 Å². The molecule has 0 saturated heterocycles. The Bertz CT molecular complexity index is 1300. The van der Waals surface area contributed by atoms with Crippen LogP contribution in [0.1, 0.15) is 5.69 Å². The van der Waals surface area contributed by atoms with Gasteiger partial charge in [-0.1, -0.05) is 6.07 Å². The highest BCUT2D eigenvalue weighted by Crippen LogP contribution is 2.25. The molecule has 0 aliphatic rings. The van der Waals surface area contributed by atoms with Crippen molar-refractivity contribution in [2.45, 2.75) is 11.8 Å². The van der Waals surface area contributed by atoms with Gasteiger partial charge in [-0.25, -0.2) is 13.4 Å². The molecule has 154 valence electrons. The van der Waals surface area contributed by atoms with Crippen LogP contribution >= 0.6 is 11.7 Å². The molecule has 0 radical (unpaired) electrons. The summed E-state index contributed by atoms with van der Waals surface area (Å²) in [4.78, 5) is 10.8. The van der Waals surface area contributed by atoms with Gasteiger partial charge in [-0.15, -0.1) is 0 Å². The summed E-state index contributed by atoms with van der Waals surface area (Å²) in [6, 6.07) is 13.6. The molecule has 0 saturated carbocycles. The highest BCUT2D eigenvalue weighted by molar-refractivity contribution is 7.93. The van der Waals surface area contributed by atoms with Crippen molar-refractivity contribution in [3.8, 4) is 0 Å². The third-order valence-electron chi connectivity index (χ3n) is 4.23. The van der Waals surface area contributed by atoms with Crippen LogP contribution in [0.5, 0.6) is 0 Å². The van der Waals surface area contributed by atoms with Crippen molar-refractivity contribution in [3.05, 3.63) is 54.2 Å². The van der Waals surface area contributed by atoms with E-state index in [0.29, 0.717) is 22.7 Å². The summed E-state index contributed by atoms with van der Waals surface area (Å²) in [7, 11) is 0.0239. The number of aromatic nitrogens is 4. The van der Waals surface area contributed by atoms with Gasteiger partial charge in [0.15, 0.2) is 0 Å². The summed E-state index contributed by atoms with van der Waals surface area (Å²) >= 11 is 0.981. The van der Waals surface area contributed by atoms with E-state index in [9.17, 15) is 8.42 Å². The van der Waals surface area contributed by atoms with E-state index < -0.39 is 10.0 Å². The Labute approximate surface area is 178 Å². The Morgan fingerprint density at radius 3 is 2.43 bits per heavy atom. The number of benzene rings is 2. The van der Waals surface area contributed by atoms with Crippen LogP contribution in [-0.2, 0) is 10.0 Å². The summed E-state index contributed by atoms with van der Waals surface area (Å²) in [5.74, 6) is 1.26. The molecular weight excluding hydrogens is 422 g/mol. The standard InChI is InChI=1S/C19H19N7O2S2/c1-12-11-17(26(2)3)22-19(20-12)21-13-7-9-14(10-8-13)25-30(27,28)16-6-4-5-15-18(16)24-29-23-15/h4-11,25H,1-3H3,(H,20,21,22). The maximum Gasteiger partial charge on any atom is 0.264 e. The maximum atomic E-state index is 12.8. The zero-order valence-electron chi connectivity index (χ0n) is 16.5. The van der Waals surface area contributed by atoms with Gasteiger partial charge in [0.25, 0.3) is 10.0 Å².